The van der Waals surface area contributed by atoms with Crippen LogP contribution in [-0.4, -0.2) is 34.3 Å². The molecule has 122 valence electrons. The molecule has 1 saturated heterocycles. The van der Waals surface area contributed by atoms with Crippen LogP contribution in [0.2, 0.25) is 0 Å². The van der Waals surface area contributed by atoms with E-state index in [2.05, 4.69) is 40.7 Å². The Bertz CT molecular complexity index is 764. The number of aliphatic hydroxyl groups is 1. The van der Waals surface area contributed by atoms with Crippen molar-refractivity contribution in [3.63, 3.8) is 0 Å². The summed E-state index contributed by atoms with van der Waals surface area (Å²) in [5.74, 6) is 0. The van der Waals surface area contributed by atoms with Crippen LogP contribution in [0.4, 0.5) is 0 Å². The van der Waals surface area contributed by atoms with Crippen molar-refractivity contribution in [3.8, 4) is 0 Å². The molecule has 23 heavy (non-hydrogen) atoms. The number of benzene rings is 1. The normalized spacial score (nSPS) is 33.0. The number of nitrogens with zero attached hydrogens (tertiary/aromatic N) is 2. The van der Waals surface area contributed by atoms with Gasteiger partial charge in [-0.3, -0.25) is 4.90 Å². The first-order valence-corrected chi connectivity index (χ1v) is 9.25. The highest BCUT2D eigenvalue weighted by Gasteiger charge is 2.52. The summed E-state index contributed by atoms with van der Waals surface area (Å²) >= 11 is 0. The van der Waals surface area contributed by atoms with E-state index in [1.54, 1.807) is 11.3 Å². The predicted molar refractivity (Wildman–Crippen MR) is 92.7 cm³/mol. The molecule has 0 bridgehead atoms. The van der Waals surface area contributed by atoms with Crippen LogP contribution in [0.1, 0.15) is 55.9 Å². The number of hydrogen-bond donors (Lipinski definition) is 1. The van der Waals surface area contributed by atoms with Crippen LogP contribution in [0, 0.1) is 5.41 Å². The van der Waals surface area contributed by atoms with Crippen LogP contribution in [0.5, 0.6) is 0 Å². The van der Waals surface area contributed by atoms with Crippen LogP contribution in [0.3, 0.4) is 0 Å². The molecule has 3 atom stereocenters. The second-order valence-corrected chi connectivity index (χ2v) is 7.80. The Balaban J connectivity index is 1.85. The van der Waals surface area contributed by atoms with Gasteiger partial charge in [-0.05, 0) is 55.7 Å². The highest BCUT2D eigenvalue weighted by Crippen LogP contribution is 2.59. The van der Waals surface area contributed by atoms with Gasteiger partial charge in [-0.15, -0.1) is 0 Å². The van der Waals surface area contributed by atoms with E-state index in [1.165, 1.54) is 43.3 Å². The zero-order valence-electron chi connectivity index (χ0n) is 14.0. The maximum absolute atomic E-state index is 10.2. The molecule has 0 radical (unpaired) electrons. The summed E-state index contributed by atoms with van der Waals surface area (Å²) in [6, 6.07) is 9.67. The Morgan fingerprint density at radius 2 is 2.13 bits per heavy atom. The fourth-order valence-corrected chi connectivity index (χ4v) is 5.99. The topological polar surface area (TPSA) is 28.4 Å². The number of aliphatic hydroxyl groups excluding tert-OH is 1. The molecule has 1 N–H and O–H groups in total. The highest BCUT2D eigenvalue weighted by molar-refractivity contribution is 5.86. The fraction of sp³-hybridized carbons (Fsp3) is 0.600. The molecular formula is C20H26N2O. The molecule has 1 fully saturated rings. The van der Waals surface area contributed by atoms with E-state index >= 15 is 0 Å². The summed E-state index contributed by atoms with van der Waals surface area (Å²) in [7, 11) is 0. The smallest absolute Gasteiger partial charge is 0.0639 e. The van der Waals surface area contributed by atoms with Gasteiger partial charge in [-0.1, -0.05) is 25.1 Å². The molecule has 0 aliphatic carbocycles. The summed E-state index contributed by atoms with van der Waals surface area (Å²) in [6.07, 6.45) is 6.16. The molecule has 5 rings (SSSR count). The lowest BCUT2D eigenvalue weighted by molar-refractivity contribution is -0.0421. The Morgan fingerprint density at radius 3 is 2.96 bits per heavy atom. The number of aromatic nitrogens is 1. The Kier molecular flexibility index (Phi) is 2.96. The monoisotopic (exact) mass is 310 g/mol. The lowest BCUT2D eigenvalue weighted by Crippen LogP contribution is -2.53. The minimum Gasteiger partial charge on any atom is -0.394 e. The minimum absolute atomic E-state index is 0.248. The SMILES string of the molecule is CC[C@]12CCCN3CCc4c(n(c5ccccc45)[C@H](CO)C1)[C@@H]32. The van der Waals surface area contributed by atoms with Gasteiger partial charge in [0.15, 0.2) is 0 Å². The summed E-state index contributed by atoms with van der Waals surface area (Å²) in [6.45, 7) is 5.08. The average Bonchev–Trinajstić information content (AvgIpc) is 2.95. The zero-order valence-corrected chi connectivity index (χ0v) is 14.0. The number of fused-ring (bicyclic) bond motifs is 3. The van der Waals surface area contributed by atoms with Crippen LogP contribution in [0.25, 0.3) is 10.9 Å². The maximum atomic E-state index is 10.2. The van der Waals surface area contributed by atoms with E-state index in [1.807, 2.05) is 0 Å². The van der Waals surface area contributed by atoms with Crippen molar-refractivity contribution in [2.75, 3.05) is 19.7 Å². The van der Waals surface area contributed by atoms with Crippen molar-refractivity contribution in [2.24, 2.45) is 5.41 Å². The largest absolute Gasteiger partial charge is 0.394 e. The number of para-hydroxylation sites is 1. The standard InChI is InChI=1S/C20H26N2O/c1-2-20-9-5-10-21-11-8-16-15-6-3-4-7-17(15)22(14(12-20)13-23)18(16)19(20)21/h3-4,6-7,14,19,23H,2,5,8-13H2,1H3/t14-,19+,20-/m0/s1. The Hall–Kier alpha value is -1.32. The van der Waals surface area contributed by atoms with E-state index in [0.717, 1.165) is 12.8 Å². The first-order chi connectivity index (χ1) is 11.3. The molecule has 0 amide bonds. The third-order valence-electron chi connectivity index (χ3n) is 6.95. The van der Waals surface area contributed by atoms with Crippen molar-refractivity contribution in [1.29, 1.82) is 0 Å². The molecule has 1 aromatic heterocycles. The van der Waals surface area contributed by atoms with Crippen LogP contribution in [0.15, 0.2) is 24.3 Å². The van der Waals surface area contributed by atoms with E-state index in [4.69, 9.17) is 0 Å². The van der Waals surface area contributed by atoms with Crippen LogP contribution >= 0.6 is 0 Å². The maximum Gasteiger partial charge on any atom is 0.0639 e. The third-order valence-corrected chi connectivity index (χ3v) is 6.95. The van der Waals surface area contributed by atoms with Gasteiger partial charge in [0.1, 0.15) is 0 Å². The minimum atomic E-state index is 0.248. The molecule has 0 saturated carbocycles. The van der Waals surface area contributed by atoms with Crippen molar-refractivity contribution >= 4 is 10.9 Å². The number of rotatable bonds is 2. The van der Waals surface area contributed by atoms with Gasteiger partial charge in [0.2, 0.25) is 0 Å². The average molecular weight is 310 g/mol. The van der Waals surface area contributed by atoms with E-state index in [-0.39, 0.29) is 12.6 Å². The van der Waals surface area contributed by atoms with Crippen LogP contribution in [-0.2, 0) is 6.42 Å². The Labute approximate surface area is 137 Å². The summed E-state index contributed by atoms with van der Waals surface area (Å²) in [5.41, 5.74) is 4.82. The molecule has 1 aromatic carbocycles. The summed E-state index contributed by atoms with van der Waals surface area (Å²) in [5, 5.41) is 11.6. The van der Waals surface area contributed by atoms with Gasteiger partial charge < -0.3 is 9.67 Å². The molecule has 3 aliphatic heterocycles. The molecule has 0 unspecified atom stereocenters. The highest BCUT2D eigenvalue weighted by atomic mass is 16.3. The summed E-state index contributed by atoms with van der Waals surface area (Å²) < 4.78 is 2.51. The lowest BCUT2D eigenvalue weighted by atomic mass is 9.63. The van der Waals surface area contributed by atoms with Crippen molar-refractivity contribution in [2.45, 2.75) is 51.1 Å². The second-order valence-electron chi connectivity index (χ2n) is 7.80. The molecule has 4 heterocycles. The third kappa shape index (κ3) is 1.67. The van der Waals surface area contributed by atoms with Crippen LogP contribution < -0.4 is 0 Å². The summed E-state index contributed by atoms with van der Waals surface area (Å²) in [4.78, 5) is 2.75. The van der Waals surface area contributed by atoms with Gasteiger partial charge in [0.05, 0.1) is 18.7 Å². The van der Waals surface area contributed by atoms with Crippen molar-refractivity contribution in [1.82, 2.24) is 9.47 Å². The number of hydrogen-bond acceptors (Lipinski definition) is 2. The first kappa shape index (κ1) is 14.1. The molecule has 3 heteroatoms. The van der Waals surface area contributed by atoms with Crippen molar-refractivity contribution < 1.29 is 5.11 Å². The fourth-order valence-electron chi connectivity index (χ4n) is 5.99. The molecule has 2 aromatic rings. The predicted octanol–water partition coefficient (Wildman–Crippen LogP) is 3.67. The lowest BCUT2D eigenvalue weighted by Gasteiger charge is -2.56. The molecule has 0 spiro atoms. The van der Waals surface area contributed by atoms with Gasteiger partial charge in [0, 0.05) is 23.1 Å². The first-order valence-electron chi connectivity index (χ1n) is 9.25. The number of piperidine rings is 1. The molecular weight excluding hydrogens is 284 g/mol. The van der Waals surface area contributed by atoms with E-state index in [0.29, 0.717) is 11.5 Å². The van der Waals surface area contributed by atoms with Gasteiger partial charge in [-0.2, -0.15) is 0 Å². The van der Waals surface area contributed by atoms with Gasteiger partial charge >= 0.3 is 0 Å². The second kappa shape index (κ2) is 4.84. The van der Waals surface area contributed by atoms with Crippen molar-refractivity contribution in [3.05, 3.63) is 35.5 Å². The molecule has 3 aliphatic rings. The van der Waals surface area contributed by atoms with E-state index < -0.39 is 0 Å². The quantitative estimate of drug-likeness (QED) is 0.917. The molecule has 3 nitrogen and oxygen atoms in total. The Morgan fingerprint density at radius 1 is 1.26 bits per heavy atom. The van der Waals surface area contributed by atoms with Gasteiger partial charge in [-0.25, -0.2) is 0 Å². The van der Waals surface area contributed by atoms with Gasteiger partial charge in [0.25, 0.3) is 0 Å². The van der Waals surface area contributed by atoms with E-state index in [9.17, 15) is 5.11 Å². The zero-order chi connectivity index (χ0) is 15.6.